The molecule has 0 bridgehead atoms. The molecule has 0 aliphatic carbocycles. The average Bonchev–Trinajstić information content (AvgIpc) is 2.53. The Morgan fingerprint density at radius 3 is 3.00 bits per heavy atom. The van der Waals surface area contributed by atoms with Crippen molar-refractivity contribution >= 4 is 0 Å². The van der Waals surface area contributed by atoms with Crippen molar-refractivity contribution in [3.8, 4) is 5.75 Å². The fourth-order valence-corrected chi connectivity index (χ4v) is 4.09. The van der Waals surface area contributed by atoms with Crippen LogP contribution in [-0.2, 0) is 13.0 Å². The number of rotatable bonds is 4. The molecule has 2 aliphatic rings. The van der Waals surface area contributed by atoms with Gasteiger partial charge in [0.1, 0.15) is 12.4 Å². The molecule has 122 valence electrons. The fraction of sp³-hybridized carbons (Fsp3) is 0.684. The van der Waals surface area contributed by atoms with Crippen LogP contribution in [0.4, 0.5) is 0 Å². The van der Waals surface area contributed by atoms with Crippen LogP contribution >= 0.6 is 0 Å². The lowest BCUT2D eigenvalue weighted by Crippen LogP contribution is -2.56. The molecule has 0 radical (unpaired) electrons. The van der Waals surface area contributed by atoms with Gasteiger partial charge in [-0.2, -0.15) is 0 Å². The number of nitrogens with one attached hydrogen (secondary N) is 1. The van der Waals surface area contributed by atoms with E-state index >= 15 is 0 Å². The first-order chi connectivity index (χ1) is 10.6. The van der Waals surface area contributed by atoms with Crippen molar-refractivity contribution in [3.05, 3.63) is 29.3 Å². The largest absolute Gasteiger partial charge is 0.491 e. The Bertz CT molecular complexity index is 514. The molecule has 1 N–H and O–H groups in total. The van der Waals surface area contributed by atoms with Gasteiger partial charge in [0, 0.05) is 18.2 Å². The number of fused-ring (bicyclic) bond motifs is 1. The molecule has 0 spiro atoms. The van der Waals surface area contributed by atoms with Crippen LogP contribution < -0.4 is 10.1 Å². The Hall–Kier alpha value is -1.06. The van der Waals surface area contributed by atoms with Crippen LogP contribution in [0, 0.1) is 0 Å². The summed E-state index contributed by atoms with van der Waals surface area (Å²) in [6, 6.07) is 7.10. The highest BCUT2D eigenvalue weighted by Gasteiger charge is 2.36. The average molecular weight is 302 g/mol. The molecule has 1 unspecified atom stereocenters. The summed E-state index contributed by atoms with van der Waals surface area (Å²) in [4.78, 5) is 2.63. The number of hydrogen-bond donors (Lipinski definition) is 1. The van der Waals surface area contributed by atoms with Crippen molar-refractivity contribution in [3.63, 3.8) is 0 Å². The van der Waals surface area contributed by atoms with E-state index in [1.54, 1.807) is 0 Å². The standard InChI is InChI=1S/C19H30N2O/c1-15(2)21-12-5-4-10-19(21,3)14-22-18-8-6-7-16-9-11-20-13-17(16)18/h6-8,15,20H,4-5,9-14H2,1-3H3. The maximum absolute atomic E-state index is 6.35. The molecule has 3 rings (SSSR count). The van der Waals surface area contributed by atoms with Gasteiger partial charge < -0.3 is 10.1 Å². The minimum Gasteiger partial charge on any atom is -0.491 e. The summed E-state index contributed by atoms with van der Waals surface area (Å²) >= 11 is 0. The molecule has 2 aliphatic heterocycles. The zero-order chi connectivity index (χ0) is 15.6. The predicted octanol–water partition coefficient (Wildman–Crippen LogP) is 3.36. The zero-order valence-corrected chi connectivity index (χ0v) is 14.3. The predicted molar refractivity (Wildman–Crippen MR) is 91.4 cm³/mol. The second kappa shape index (κ2) is 6.59. The van der Waals surface area contributed by atoms with Gasteiger partial charge >= 0.3 is 0 Å². The van der Waals surface area contributed by atoms with Gasteiger partial charge in [0.15, 0.2) is 0 Å². The van der Waals surface area contributed by atoms with Crippen molar-refractivity contribution in [2.75, 3.05) is 19.7 Å². The van der Waals surface area contributed by atoms with Gasteiger partial charge in [-0.3, -0.25) is 4.90 Å². The SMILES string of the molecule is CC(C)N1CCCCC1(C)COc1cccc2c1CNCC2. The van der Waals surface area contributed by atoms with E-state index in [0.29, 0.717) is 6.04 Å². The number of benzene rings is 1. The second-order valence-corrected chi connectivity index (χ2v) is 7.35. The Balaban J connectivity index is 1.74. The zero-order valence-electron chi connectivity index (χ0n) is 14.3. The summed E-state index contributed by atoms with van der Waals surface area (Å²) < 4.78 is 6.35. The van der Waals surface area contributed by atoms with Crippen LogP contribution in [0.15, 0.2) is 18.2 Å². The molecule has 3 nitrogen and oxygen atoms in total. The smallest absolute Gasteiger partial charge is 0.124 e. The Kier molecular flexibility index (Phi) is 4.74. The molecular formula is C19H30N2O. The van der Waals surface area contributed by atoms with Crippen LogP contribution in [-0.4, -0.2) is 36.2 Å². The van der Waals surface area contributed by atoms with Crippen molar-refractivity contribution in [1.82, 2.24) is 10.2 Å². The van der Waals surface area contributed by atoms with E-state index in [1.165, 1.54) is 36.9 Å². The van der Waals surface area contributed by atoms with Crippen LogP contribution in [0.3, 0.4) is 0 Å². The topological polar surface area (TPSA) is 24.5 Å². The molecule has 1 aromatic rings. The van der Waals surface area contributed by atoms with Gasteiger partial charge in [0.2, 0.25) is 0 Å². The Labute approximate surface area is 135 Å². The van der Waals surface area contributed by atoms with Crippen molar-refractivity contribution < 1.29 is 4.74 Å². The highest BCUT2D eigenvalue weighted by atomic mass is 16.5. The van der Waals surface area contributed by atoms with Crippen molar-refractivity contribution in [2.45, 2.75) is 64.6 Å². The molecule has 22 heavy (non-hydrogen) atoms. The summed E-state index contributed by atoms with van der Waals surface area (Å²) in [6.07, 6.45) is 4.98. The first-order valence-electron chi connectivity index (χ1n) is 8.81. The van der Waals surface area contributed by atoms with Gasteiger partial charge in [-0.05, 0) is 64.8 Å². The first kappa shape index (κ1) is 15.8. The summed E-state index contributed by atoms with van der Waals surface area (Å²) in [6.45, 7) is 11.0. The lowest BCUT2D eigenvalue weighted by atomic mass is 9.88. The molecule has 3 heteroatoms. The highest BCUT2D eigenvalue weighted by molar-refractivity contribution is 5.41. The van der Waals surface area contributed by atoms with E-state index in [1.807, 2.05) is 0 Å². The third-order valence-electron chi connectivity index (χ3n) is 5.32. The number of ether oxygens (including phenoxy) is 1. The highest BCUT2D eigenvalue weighted by Crippen LogP contribution is 2.32. The number of hydrogen-bond acceptors (Lipinski definition) is 3. The van der Waals surface area contributed by atoms with Gasteiger partial charge in [0.05, 0.1) is 5.54 Å². The third kappa shape index (κ3) is 3.16. The first-order valence-corrected chi connectivity index (χ1v) is 8.81. The van der Waals surface area contributed by atoms with E-state index < -0.39 is 0 Å². The molecule has 0 amide bonds. The van der Waals surface area contributed by atoms with E-state index in [4.69, 9.17) is 4.74 Å². The van der Waals surface area contributed by atoms with Crippen LogP contribution in [0.1, 0.15) is 51.2 Å². The molecule has 1 saturated heterocycles. The third-order valence-corrected chi connectivity index (χ3v) is 5.32. The van der Waals surface area contributed by atoms with Gasteiger partial charge in [0.25, 0.3) is 0 Å². The maximum atomic E-state index is 6.35. The van der Waals surface area contributed by atoms with Crippen LogP contribution in [0.2, 0.25) is 0 Å². The number of piperidine rings is 1. The van der Waals surface area contributed by atoms with Crippen LogP contribution in [0.25, 0.3) is 0 Å². The number of likely N-dealkylation sites (tertiary alicyclic amines) is 1. The van der Waals surface area contributed by atoms with E-state index in [2.05, 4.69) is 49.2 Å². The monoisotopic (exact) mass is 302 g/mol. The molecule has 2 heterocycles. The summed E-state index contributed by atoms with van der Waals surface area (Å²) in [5.41, 5.74) is 2.98. The van der Waals surface area contributed by atoms with E-state index in [-0.39, 0.29) is 5.54 Å². The normalized spacial score (nSPS) is 26.0. The summed E-state index contributed by atoms with van der Waals surface area (Å²) in [5, 5.41) is 3.47. The maximum Gasteiger partial charge on any atom is 0.124 e. The van der Waals surface area contributed by atoms with E-state index in [0.717, 1.165) is 31.9 Å². The molecule has 1 fully saturated rings. The Morgan fingerprint density at radius 1 is 1.32 bits per heavy atom. The minimum atomic E-state index is 0.164. The molecule has 1 aromatic carbocycles. The van der Waals surface area contributed by atoms with Gasteiger partial charge in [-0.15, -0.1) is 0 Å². The van der Waals surface area contributed by atoms with Crippen molar-refractivity contribution in [1.29, 1.82) is 0 Å². The van der Waals surface area contributed by atoms with Gasteiger partial charge in [-0.25, -0.2) is 0 Å². The molecule has 1 atom stereocenters. The van der Waals surface area contributed by atoms with E-state index in [9.17, 15) is 0 Å². The lowest BCUT2D eigenvalue weighted by molar-refractivity contribution is -0.00169. The Morgan fingerprint density at radius 2 is 2.18 bits per heavy atom. The second-order valence-electron chi connectivity index (χ2n) is 7.35. The summed E-state index contributed by atoms with van der Waals surface area (Å²) in [7, 11) is 0. The molecule has 0 aromatic heterocycles. The minimum absolute atomic E-state index is 0.164. The fourth-order valence-electron chi connectivity index (χ4n) is 4.09. The quantitative estimate of drug-likeness (QED) is 0.923. The summed E-state index contributed by atoms with van der Waals surface area (Å²) in [5.74, 6) is 1.08. The van der Waals surface area contributed by atoms with Gasteiger partial charge in [-0.1, -0.05) is 18.6 Å². The lowest BCUT2D eigenvalue weighted by Gasteiger charge is -2.47. The molecule has 0 saturated carbocycles. The van der Waals surface area contributed by atoms with Crippen LogP contribution in [0.5, 0.6) is 5.75 Å². The van der Waals surface area contributed by atoms with Crippen molar-refractivity contribution in [2.24, 2.45) is 0 Å². The number of nitrogens with zero attached hydrogens (tertiary/aromatic N) is 1. The molecular weight excluding hydrogens is 272 g/mol.